The summed E-state index contributed by atoms with van der Waals surface area (Å²) in [6.45, 7) is 8.47. The van der Waals surface area contributed by atoms with Crippen LogP contribution in [0.5, 0.6) is 23.3 Å². The van der Waals surface area contributed by atoms with Crippen molar-refractivity contribution < 1.29 is 44.6 Å². The maximum Gasteiger partial charge on any atom is 0.416 e. The number of alkyl halides is 6. The first-order valence-electron chi connectivity index (χ1n) is 13.2. The molecule has 0 spiro atoms. The number of aryl methyl sites for hydroxylation is 2. The van der Waals surface area contributed by atoms with E-state index in [0.717, 1.165) is 6.54 Å². The number of H-pyrrole nitrogens is 1. The van der Waals surface area contributed by atoms with Gasteiger partial charge in [0.1, 0.15) is 0 Å². The lowest BCUT2D eigenvalue weighted by Crippen LogP contribution is -2.29. The maximum absolute atomic E-state index is 13.9. The highest BCUT2D eigenvalue weighted by atomic mass is 35.5. The standard InChI is InChI=1S/C14H12ClF4N3OS.C11H7ClF4N2O.C3H5NS/c1-3-20-13(24)22-7(2)4-11(21-22)23-12-9(15)5-8(6-10(12)16)14(17,18)19;1-5-2-9(18-17-5)19-10-7(12)3-6(4-8(10)13)11(14,15)16;1-2-4-3-5/h4-6H,3H2,1-2H3,(H,20,24);2-4H,1H3,(H,17,18);2H2,1H3. The smallest absolute Gasteiger partial charge is 0.416 e. The van der Waals surface area contributed by atoms with E-state index in [2.05, 4.69) is 43.0 Å². The molecule has 2 heterocycles. The first-order chi connectivity index (χ1) is 22.3. The fraction of sp³-hybridized carbons (Fsp3) is 0.286. The molecule has 0 aliphatic rings. The van der Waals surface area contributed by atoms with E-state index in [1.807, 2.05) is 13.8 Å². The lowest BCUT2D eigenvalue weighted by atomic mass is 10.2. The van der Waals surface area contributed by atoms with Crippen molar-refractivity contribution in [3.8, 4) is 23.3 Å². The van der Waals surface area contributed by atoms with E-state index < -0.39 is 56.7 Å². The fourth-order valence-electron chi connectivity index (χ4n) is 3.29. The third-order valence-electron chi connectivity index (χ3n) is 5.35. The lowest BCUT2D eigenvalue weighted by molar-refractivity contribution is -0.138. The Morgan fingerprint density at radius 2 is 1.40 bits per heavy atom. The monoisotopic (exact) mass is 762 g/mol. The summed E-state index contributed by atoms with van der Waals surface area (Å²) < 4.78 is 114. The van der Waals surface area contributed by atoms with E-state index in [4.69, 9.17) is 44.9 Å². The Bertz CT molecular complexity index is 1730. The van der Waals surface area contributed by atoms with E-state index in [9.17, 15) is 35.1 Å². The van der Waals surface area contributed by atoms with Crippen molar-refractivity contribution in [2.75, 3.05) is 13.1 Å². The molecule has 0 fully saturated rings. The molecular weight excluding hydrogens is 739 g/mol. The summed E-state index contributed by atoms with van der Waals surface area (Å²) in [5.41, 5.74) is -1.13. The highest BCUT2D eigenvalue weighted by Crippen LogP contribution is 2.39. The number of halogens is 10. The van der Waals surface area contributed by atoms with E-state index in [0.29, 0.717) is 47.3 Å². The van der Waals surface area contributed by atoms with Crippen LogP contribution in [-0.4, -0.2) is 43.3 Å². The second-order valence-corrected chi connectivity index (χ2v) is 10.4. The summed E-state index contributed by atoms with van der Waals surface area (Å²) in [4.78, 5) is 3.54. The van der Waals surface area contributed by atoms with Crippen molar-refractivity contribution in [1.82, 2.24) is 25.3 Å². The van der Waals surface area contributed by atoms with Crippen LogP contribution in [0.3, 0.4) is 0 Å². The number of ether oxygens (including phenoxy) is 2. The molecule has 0 saturated heterocycles. The summed E-state index contributed by atoms with van der Waals surface area (Å²) in [6, 6.07) is 4.73. The summed E-state index contributed by atoms with van der Waals surface area (Å²) in [5.74, 6) is -3.52. The molecule has 0 saturated carbocycles. The Balaban J connectivity index is 0.000000298. The average molecular weight is 764 g/mol. The molecule has 8 nitrogen and oxygen atoms in total. The molecule has 0 atom stereocenters. The van der Waals surface area contributed by atoms with Crippen LogP contribution in [0, 0.1) is 25.5 Å². The second kappa shape index (κ2) is 17.5. The van der Waals surface area contributed by atoms with Gasteiger partial charge < -0.3 is 14.8 Å². The van der Waals surface area contributed by atoms with Gasteiger partial charge >= 0.3 is 12.4 Å². The summed E-state index contributed by atoms with van der Waals surface area (Å²) in [7, 11) is 0. The highest BCUT2D eigenvalue weighted by Gasteiger charge is 2.34. The van der Waals surface area contributed by atoms with Gasteiger partial charge in [0.25, 0.3) is 0 Å². The first kappa shape index (κ1) is 40.3. The summed E-state index contributed by atoms with van der Waals surface area (Å²) in [6.07, 6.45) is -9.38. The summed E-state index contributed by atoms with van der Waals surface area (Å²) in [5, 5.41) is 14.7. The van der Waals surface area contributed by atoms with Crippen molar-refractivity contribution in [1.29, 1.82) is 0 Å². The molecule has 4 rings (SSSR count). The molecule has 4 aromatic rings. The van der Waals surface area contributed by atoms with Crippen LogP contribution >= 0.6 is 47.6 Å². The summed E-state index contributed by atoms with van der Waals surface area (Å²) >= 11 is 20.6. The van der Waals surface area contributed by atoms with Crippen LogP contribution in [0.2, 0.25) is 10.0 Å². The zero-order chi connectivity index (χ0) is 36.4. The minimum absolute atomic E-state index is 0.0121. The molecule has 260 valence electrons. The average Bonchev–Trinajstić information content (AvgIpc) is 3.57. The second-order valence-electron chi connectivity index (χ2n) is 9.06. The Hall–Kier alpha value is -3.83. The predicted octanol–water partition coefficient (Wildman–Crippen LogP) is 9.97. The molecule has 2 aromatic carbocycles. The number of nitrogens with one attached hydrogen (secondary N) is 2. The van der Waals surface area contributed by atoms with Gasteiger partial charge in [-0.3, -0.25) is 5.10 Å². The third-order valence-corrected chi connectivity index (χ3v) is 6.36. The van der Waals surface area contributed by atoms with Gasteiger partial charge in [-0.2, -0.15) is 26.3 Å². The molecule has 0 aliphatic heterocycles. The van der Waals surface area contributed by atoms with Crippen LogP contribution in [-0.2, 0) is 12.4 Å². The quantitative estimate of drug-likeness (QED) is 0.115. The van der Waals surface area contributed by atoms with Gasteiger partial charge in [0.15, 0.2) is 28.2 Å². The van der Waals surface area contributed by atoms with Crippen molar-refractivity contribution in [3.63, 3.8) is 0 Å². The van der Waals surface area contributed by atoms with Gasteiger partial charge in [-0.05, 0) is 76.4 Å². The van der Waals surface area contributed by atoms with Gasteiger partial charge in [-0.15, -0.1) is 10.2 Å². The van der Waals surface area contributed by atoms with Crippen molar-refractivity contribution in [2.45, 2.75) is 40.0 Å². The Kier molecular flexibility index (Phi) is 14.7. The number of hydrogen-bond donors (Lipinski definition) is 2. The number of aromatic amines is 1. The number of benzene rings is 2. The van der Waals surface area contributed by atoms with Crippen molar-refractivity contribution >= 4 is 57.9 Å². The largest absolute Gasteiger partial charge is 0.433 e. The van der Waals surface area contributed by atoms with E-state index in [-0.39, 0.29) is 11.8 Å². The third kappa shape index (κ3) is 11.7. The van der Waals surface area contributed by atoms with Gasteiger partial charge in [-0.1, -0.05) is 23.2 Å². The van der Waals surface area contributed by atoms with Crippen molar-refractivity contribution in [3.05, 3.63) is 80.6 Å². The van der Waals surface area contributed by atoms with Crippen LogP contribution in [0.25, 0.3) is 0 Å². The molecule has 0 amide bonds. The number of aliphatic imine (C=N–C) groups is 1. The number of aromatic nitrogens is 4. The van der Waals surface area contributed by atoms with E-state index in [1.165, 1.54) is 16.8 Å². The molecule has 0 bridgehead atoms. The zero-order valence-electron chi connectivity index (χ0n) is 25.1. The normalized spacial score (nSPS) is 11.0. The number of isothiocyanates is 1. The van der Waals surface area contributed by atoms with Gasteiger partial charge in [0.05, 0.1) is 26.3 Å². The molecule has 2 aromatic heterocycles. The van der Waals surface area contributed by atoms with Crippen LogP contribution in [0.1, 0.15) is 36.4 Å². The van der Waals surface area contributed by atoms with Crippen LogP contribution in [0.15, 0.2) is 41.4 Å². The number of thiocarbonyl (C=S) groups is 2. The molecule has 2 N–H and O–H groups in total. The maximum atomic E-state index is 13.9. The Morgan fingerprint density at radius 3 is 1.75 bits per heavy atom. The molecule has 0 unspecified atom stereocenters. The van der Waals surface area contributed by atoms with Gasteiger partial charge in [0, 0.05) is 36.6 Å². The molecular formula is C28H24Cl2F8N6O2S2. The molecule has 0 radical (unpaired) electrons. The topological polar surface area (TPSA) is 89.3 Å². The SMILES string of the molecule is CCN=C=S.CCNC(=S)n1nc(Oc2c(F)cc(C(F)(F)F)cc2Cl)cc1C.Cc1cc(Oc2c(F)cc(C(F)(F)F)cc2Cl)n[nH]1. The number of nitrogens with zero attached hydrogens (tertiary/aromatic N) is 4. The van der Waals surface area contributed by atoms with Gasteiger partial charge in [-0.25, -0.2) is 18.5 Å². The van der Waals surface area contributed by atoms with Crippen LogP contribution < -0.4 is 14.8 Å². The van der Waals surface area contributed by atoms with E-state index >= 15 is 0 Å². The number of rotatable bonds is 6. The Morgan fingerprint density at radius 1 is 0.896 bits per heavy atom. The first-order valence-corrected chi connectivity index (χ1v) is 14.8. The lowest BCUT2D eigenvalue weighted by Gasteiger charge is -2.11. The fourth-order valence-corrected chi connectivity index (χ4v) is 4.24. The zero-order valence-corrected chi connectivity index (χ0v) is 28.2. The minimum atomic E-state index is -4.71. The van der Waals surface area contributed by atoms with E-state index in [1.54, 1.807) is 13.8 Å². The molecule has 48 heavy (non-hydrogen) atoms. The molecule has 20 heteroatoms. The van der Waals surface area contributed by atoms with Crippen molar-refractivity contribution in [2.24, 2.45) is 4.99 Å². The minimum Gasteiger partial charge on any atom is -0.433 e. The number of hydrogen-bond acceptors (Lipinski definition) is 7. The highest BCUT2D eigenvalue weighted by molar-refractivity contribution is 7.80. The molecule has 0 aliphatic carbocycles. The predicted molar refractivity (Wildman–Crippen MR) is 171 cm³/mol. The van der Waals surface area contributed by atoms with Crippen LogP contribution in [0.4, 0.5) is 35.1 Å². The van der Waals surface area contributed by atoms with Gasteiger partial charge in [0.2, 0.25) is 11.8 Å². The Labute approximate surface area is 289 Å².